The zero-order valence-corrected chi connectivity index (χ0v) is 10.7. The van der Waals surface area contributed by atoms with Crippen LogP contribution in [0.5, 0.6) is 0 Å². The highest BCUT2D eigenvalue weighted by molar-refractivity contribution is 6.15. The highest BCUT2D eigenvalue weighted by Gasteiger charge is 2.37. The molecule has 1 saturated carbocycles. The second kappa shape index (κ2) is 4.79. The van der Waals surface area contributed by atoms with E-state index in [1.807, 2.05) is 0 Å². The molecule has 2 rings (SSSR count). The summed E-state index contributed by atoms with van der Waals surface area (Å²) in [5.41, 5.74) is 1.53. The molecule has 2 aliphatic rings. The molecule has 0 radical (unpaired) electrons. The standard InChI is InChI=1S/C14H23BO/c1-3-4-14(15)8-11-5-12(9-14)7-13(6-11)10-16-2/h3,6,11-12H,1,4-5,7-10,15H2,2H3. The molecule has 88 valence electrons. The lowest BCUT2D eigenvalue weighted by Crippen LogP contribution is -2.31. The van der Waals surface area contributed by atoms with Crippen molar-refractivity contribution in [2.24, 2.45) is 11.8 Å². The van der Waals surface area contributed by atoms with E-state index < -0.39 is 0 Å². The Balaban J connectivity index is 2.06. The fourth-order valence-corrected chi connectivity index (χ4v) is 3.87. The van der Waals surface area contributed by atoms with Crippen molar-refractivity contribution in [1.29, 1.82) is 0 Å². The van der Waals surface area contributed by atoms with E-state index in [1.165, 1.54) is 37.7 Å². The van der Waals surface area contributed by atoms with Crippen molar-refractivity contribution < 1.29 is 4.74 Å². The third kappa shape index (κ3) is 2.60. The van der Waals surface area contributed by atoms with Gasteiger partial charge < -0.3 is 4.74 Å². The van der Waals surface area contributed by atoms with E-state index in [9.17, 15) is 0 Å². The Hall–Kier alpha value is -0.495. The summed E-state index contributed by atoms with van der Waals surface area (Å²) in [6.07, 6.45) is 11.1. The molecule has 0 N–H and O–H groups in total. The van der Waals surface area contributed by atoms with Gasteiger partial charge in [-0.15, -0.1) is 6.58 Å². The number of allylic oxidation sites excluding steroid dienone is 2. The molecule has 0 aromatic rings. The third-order valence-electron chi connectivity index (χ3n) is 4.16. The van der Waals surface area contributed by atoms with Crippen LogP contribution in [0.2, 0.25) is 5.31 Å². The Labute approximate surface area is 100 Å². The molecule has 0 amide bonds. The van der Waals surface area contributed by atoms with Gasteiger partial charge in [-0.1, -0.05) is 23.9 Å². The Kier molecular flexibility index (Phi) is 3.58. The molecule has 2 bridgehead atoms. The Morgan fingerprint density at radius 3 is 3.06 bits per heavy atom. The van der Waals surface area contributed by atoms with E-state index in [-0.39, 0.29) is 0 Å². The predicted octanol–water partition coefficient (Wildman–Crippen LogP) is 2.75. The zero-order chi connectivity index (χ0) is 11.6. The van der Waals surface area contributed by atoms with Crippen molar-refractivity contribution in [3.63, 3.8) is 0 Å². The highest BCUT2D eigenvalue weighted by atomic mass is 16.5. The van der Waals surface area contributed by atoms with Crippen molar-refractivity contribution >= 4 is 7.85 Å². The van der Waals surface area contributed by atoms with Crippen LogP contribution in [-0.2, 0) is 4.74 Å². The maximum atomic E-state index is 5.26. The molecule has 1 nitrogen and oxygen atoms in total. The number of hydrogen-bond acceptors (Lipinski definition) is 1. The van der Waals surface area contributed by atoms with Crippen LogP contribution in [0, 0.1) is 11.8 Å². The lowest BCUT2D eigenvalue weighted by atomic mass is 9.52. The molecule has 0 spiro atoms. The van der Waals surface area contributed by atoms with E-state index in [4.69, 9.17) is 4.74 Å². The van der Waals surface area contributed by atoms with Crippen molar-refractivity contribution in [3.8, 4) is 0 Å². The average molecular weight is 218 g/mol. The van der Waals surface area contributed by atoms with Gasteiger partial charge in [0, 0.05) is 7.11 Å². The minimum absolute atomic E-state index is 0.504. The smallest absolute Gasteiger partial charge is 0.109 e. The lowest BCUT2D eigenvalue weighted by molar-refractivity contribution is 0.187. The number of hydrogen-bond donors (Lipinski definition) is 0. The first kappa shape index (κ1) is 12.0. The van der Waals surface area contributed by atoms with Crippen molar-refractivity contribution in [1.82, 2.24) is 0 Å². The van der Waals surface area contributed by atoms with Crippen molar-refractivity contribution in [2.45, 2.75) is 37.4 Å². The molecule has 0 heterocycles. The van der Waals surface area contributed by atoms with Crippen molar-refractivity contribution in [2.75, 3.05) is 13.7 Å². The summed E-state index contributed by atoms with van der Waals surface area (Å²) in [7, 11) is 4.23. The molecule has 16 heavy (non-hydrogen) atoms. The summed E-state index contributed by atoms with van der Waals surface area (Å²) in [6.45, 7) is 4.74. The summed E-state index contributed by atoms with van der Waals surface area (Å²) >= 11 is 0. The second-order valence-electron chi connectivity index (χ2n) is 6.04. The Morgan fingerprint density at radius 2 is 2.44 bits per heavy atom. The van der Waals surface area contributed by atoms with Gasteiger partial charge in [0.05, 0.1) is 6.61 Å². The molecule has 0 aliphatic heterocycles. The van der Waals surface area contributed by atoms with Gasteiger partial charge in [-0.25, -0.2) is 0 Å². The molecule has 2 heteroatoms. The van der Waals surface area contributed by atoms with E-state index in [2.05, 4.69) is 26.6 Å². The fourth-order valence-electron chi connectivity index (χ4n) is 3.87. The highest BCUT2D eigenvalue weighted by Crippen LogP contribution is 2.52. The Morgan fingerprint density at radius 1 is 1.62 bits per heavy atom. The SMILES string of the molecule is BC1(CC=C)CC2C=C(COC)CC(C2)C1. The van der Waals surface area contributed by atoms with Crippen LogP contribution in [0.15, 0.2) is 24.3 Å². The van der Waals surface area contributed by atoms with Gasteiger partial charge in [0.25, 0.3) is 0 Å². The molecule has 3 atom stereocenters. The van der Waals surface area contributed by atoms with E-state index in [0.717, 1.165) is 18.4 Å². The summed E-state index contributed by atoms with van der Waals surface area (Å²) in [4.78, 5) is 0. The molecule has 3 unspecified atom stereocenters. The lowest BCUT2D eigenvalue weighted by Gasteiger charge is -2.44. The van der Waals surface area contributed by atoms with Gasteiger partial charge in [-0.2, -0.15) is 0 Å². The molecule has 0 aromatic heterocycles. The molecule has 0 aromatic carbocycles. The maximum Gasteiger partial charge on any atom is 0.109 e. The molecule has 1 fully saturated rings. The zero-order valence-electron chi connectivity index (χ0n) is 10.7. The third-order valence-corrected chi connectivity index (χ3v) is 4.16. The van der Waals surface area contributed by atoms with Crippen LogP contribution < -0.4 is 0 Å². The van der Waals surface area contributed by atoms with Crippen LogP contribution >= 0.6 is 0 Å². The first-order chi connectivity index (χ1) is 7.65. The quantitative estimate of drug-likeness (QED) is 0.520. The number of fused-ring (bicyclic) bond motifs is 2. The number of ether oxygens (including phenoxy) is 1. The van der Waals surface area contributed by atoms with Gasteiger partial charge >= 0.3 is 0 Å². The number of methoxy groups -OCH3 is 1. The summed E-state index contributed by atoms with van der Waals surface area (Å²) in [6, 6.07) is 0. The Bertz CT molecular complexity index is 297. The van der Waals surface area contributed by atoms with Gasteiger partial charge in [-0.05, 0) is 43.1 Å². The predicted molar refractivity (Wildman–Crippen MR) is 71.5 cm³/mol. The van der Waals surface area contributed by atoms with E-state index in [0.29, 0.717) is 5.31 Å². The normalized spacial score (nSPS) is 37.9. The summed E-state index contributed by atoms with van der Waals surface area (Å²) < 4.78 is 5.26. The first-order valence-corrected chi connectivity index (χ1v) is 6.44. The molecule has 2 aliphatic carbocycles. The molecular weight excluding hydrogens is 195 g/mol. The average Bonchev–Trinajstić information content (AvgIpc) is 2.15. The summed E-state index contributed by atoms with van der Waals surface area (Å²) in [5, 5.41) is 0.504. The summed E-state index contributed by atoms with van der Waals surface area (Å²) in [5.74, 6) is 1.68. The van der Waals surface area contributed by atoms with Gasteiger partial charge in [0.15, 0.2) is 0 Å². The van der Waals surface area contributed by atoms with E-state index >= 15 is 0 Å². The van der Waals surface area contributed by atoms with Gasteiger partial charge in [0.2, 0.25) is 0 Å². The van der Waals surface area contributed by atoms with Gasteiger partial charge in [0.1, 0.15) is 7.85 Å². The minimum Gasteiger partial charge on any atom is -0.380 e. The monoisotopic (exact) mass is 218 g/mol. The van der Waals surface area contributed by atoms with Crippen LogP contribution in [0.1, 0.15) is 32.1 Å². The molecular formula is C14H23BO. The second-order valence-corrected chi connectivity index (χ2v) is 6.04. The minimum atomic E-state index is 0.504. The van der Waals surface area contributed by atoms with Crippen LogP contribution in [0.25, 0.3) is 0 Å². The van der Waals surface area contributed by atoms with Crippen LogP contribution in [-0.4, -0.2) is 21.6 Å². The largest absolute Gasteiger partial charge is 0.380 e. The van der Waals surface area contributed by atoms with Crippen LogP contribution in [0.4, 0.5) is 0 Å². The van der Waals surface area contributed by atoms with Crippen molar-refractivity contribution in [3.05, 3.63) is 24.3 Å². The van der Waals surface area contributed by atoms with Gasteiger partial charge in [-0.3, -0.25) is 0 Å². The van der Waals surface area contributed by atoms with Crippen LogP contribution in [0.3, 0.4) is 0 Å². The van der Waals surface area contributed by atoms with E-state index in [1.54, 1.807) is 7.11 Å². The topological polar surface area (TPSA) is 9.23 Å². The number of rotatable bonds is 4. The first-order valence-electron chi connectivity index (χ1n) is 6.44. The maximum absolute atomic E-state index is 5.26. The molecule has 0 saturated heterocycles. The fraction of sp³-hybridized carbons (Fsp3) is 0.714.